The Bertz CT molecular complexity index is 758. The fourth-order valence-corrected chi connectivity index (χ4v) is 3.79. The van der Waals surface area contributed by atoms with Crippen molar-refractivity contribution in [2.24, 2.45) is 0 Å². The van der Waals surface area contributed by atoms with Gasteiger partial charge >= 0.3 is 0 Å². The van der Waals surface area contributed by atoms with Crippen molar-refractivity contribution in [2.75, 3.05) is 19.4 Å². The van der Waals surface area contributed by atoms with Crippen LogP contribution in [0.5, 0.6) is 11.5 Å². The van der Waals surface area contributed by atoms with Gasteiger partial charge in [0.15, 0.2) is 17.6 Å². The molecule has 1 N–H and O–H groups in total. The van der Waals surface area contributed by atoms with Crippen LogP contribution >= 0.6 is 35.0 Å². The SMILES string of the molecule is CC[C@@H](Oc1ccccc1OC)C(=O)NCCSCc1ccc(Cl)cc1Cl. The molecule has 1 atom stereocenters. The minimum absolute atomic E-state index is 0.131. The number of para-hydroxylation sites is 2. The van der Waals surface area contributed by atoms with Gasteiger partial charge in [-0.2, -0.15) is 11.8 Å². The van der Waals surface area contributed by atoms with Crippen LogP contribution in [0.2, 0.25) is 10.0 Å². The Morgan fingerprint density at radius 1 is 1.19 bits per heavy atom. The Kier molecular flexibility index (Phi) is 9.11. The summed E-state index contributed by atoms with van der Waals surface area (Å²) in [4.78, 5) is 12.4. The number of hydrogen-bond donors (Lipinski definition) is 1. The average Bonchev–Trinajstić information content (AvgIpc) is 2.67. The van der Waals surface area contributed by atoms with Crippen molar-refractivity contribution in [1.29, 1.82) is 0 Å². The highest BCUT2D eigenvalue weighted by Gasteiger charge is 2.19. The number of carbonyl (C=O) groups is 1. The van der Waals surface area contributed by atoms with Gasteiger partial charge < -0.3 is 14.8 Å². The van der Waals surface area contributed by atoms with E-state index in [0.29, 0.717) is 34.5 Å². The third-order valence-corrected chi connectivity index (χ3v) is 5.41. The molecule has 0 aliphatic carbocycles. The predicted molar refractivity (Wildman–Crippen MR) is 113 cm³/mol. The van der Waals surface area contributed by atoms with Crippen LogP contribution in [0.25, 0.3) is 0 Å². The molecule has 0 radical (unpaired) electrons. The summed E-state index contributed by atoms with van der Waals surface area (Å²) >= 11 is 13.8. The Balaban J connectivity index is 1.76. The number of amides is 1. The molecule has 2 aromatic carbocycles. The number of rotatable bonds is 10. The molecule has 0 spiro atoms. The van der Waals surface area contributed by atoms with Crippen LogP contribution in [-0.4, -0.2) is 31.4 Å². The normalized spacial score (nSPS) is 11.7. The lowest BCUT2D eigenvalue weighted by Crippen LogP contribution is -2.39. The molecule has 1 amide bonds. The van der Waals surface area contributed by atoms with Gasteiger partial charge in [0, 0.05) is 28.1 Å². The Labute approximate surface area is 174 Å². The van der Waals surface area contributed by atoms with Gasteiger partial charge in [0.25, 0.3) is 5.91 Å². The largest absolute Gasteiger partial charge is 0.493 e. The maximum atomic E-state index is 12.4. The second-order valence-electron chi connectivity index (χ2n) is 5.74. The second kappa shape index (κ2) is 11.3. The molecule has 0 bridgehead atoms. The summed E-state index contributed by atoms with van der Waals surface area (Å²) in [6.07, 6.45) is 0.00855. The molecule has 0 saturated heterocycles. The molecular formula is C20H23Cl2NO3S. The van der Waals surface area contributed by atoms with Crippen LogP contribution in [0, 0.1) is 0 Å². The first-order valence-electron chi connectivity index (χ1n) is 8.64. The molecular weight excluding hydrogens is 405 g/mol. The third kappa shape index (κ3) is 6.83. The smallest absolute Gasteiger partial charge is 0.261 e. The summed E-state index contributed by atoms with van der Waals surface area (Å²) in [7, 11) is 1.58. The van der Waals surface area contributed by atoms with E-state index in [0.717, 1.165) is 17.1 Å². The number of methoxy groups -OCH3 is 1. The van der Waals surface area contributed by atoms with Crippen molar-refractivity contribution in [3.05, 3.63) is 58.1 Å². The zero-order valence-corrected chi connectivity index (χ0v) is 17.7. The van der Waals surface area contributed by atoms with E-state index in [9.17, 15) is 4.79 Å². The molecule has 7 heteroatoms. The minimum Gasteiger partial charge on any atom is -0.493 e. The van der Waals surface area contributed by atoms with Crippen LogP contribution in [0.1, 0.15) is 18.9 Å². The van der Waals surface area contributed by atoms with E-state index in [4.69, 9.17) is 32.7 Å². The van der Waals surface area contributed by atoms with E-state index in [2.05, 4.69) is 5.32 Å². The highest BCUT2D eigenvalue weighted by molar-refractivity contribution is 7.98. The van der Waals surface area contributed by atoms with E-state index in [-0.39, 0.29) is 5.91 Å². The summed E-state index contributed by atoms with van der Waals surface area (Å²) in [5.41, 5.74) is 1.03. The molecule has 4 nitrogen and oxygen atoms in total. The lowest BCUT2D eigenvalue weighted by Gasteiger charge is -2.18. The summed E-state index contributed by atoms with van der Waals surface area (Å²) in [6.45, 7) is 2.47. The van der Waals surface area contributed by atoms with Crippen molar-refractivity contribution in [2.45, 2.75) is 25.2 Å². The lowest BCUT2D eigenvalue weighted by molar-refractivity contribution is -0.128. The van der Waals surface area contributed by atoms with Gasteiger partial charge in [-0.1, -0.05) is 48.3 Å². The topological polar surface area (TPSA) is 47.6 Å². The number of benzene rings is 2. The van der Waals surface area contributed by atoms with Gasteiger partial charge in [0.1, 0.15) is 0 Å². The molecule has 0 aliphatic rings. The van der Waals surface area contributed by atoms with Crippen molar-refractivity contribution < 1.29 is 14.3 Å². The van der Waals surface area contributed by atoms with E-state index < -0.39 is 6.10 Å². The third-order valence-electron chi connectivity index (χ3n) is 3.82. The quantitative estimate of drug-likeness (QED) is 0.528. The Morgan fingerprint density at radius 2 is 1.93 bits per heavy atom. The van der Waals surface area contributed by atoms with Gasteiger partial charge in [0.05, 0.1) is 7.11 Å². The van der Waals surface area contributed by atoms with E-state index in [1.54, 1.807) is 37.1 Å². The van der Waals surface area contributed by atoms with Gasteiger partial charge in [-0.05, 0) is 36.2 Å². The van der Waals surface area contributed by atoms with Crippen molar-refractivity contribution in [3.63, 3.8) is 0 Å². The molecule has 0 saturated carbocycles. The maximum absolute atomic E-state index is 12.4. The summed E-state index contributed by atoms with van der Waals surface area (Å²) < 4.78 is 11.1. The van der Waals surface area contributed by atoms with Crippen LogP contribution in [0.15, 0.2) is 42.5 Å². The minimum atomic E-state index is -0.558. The monoisotopic (exact) mass is 427 g/mol. The number of nitrogens with one attached hydrogen (secondary N) is 1. The number of halogens is 2. The second-order valence-corrected chi connectivity index (χ2v) is 7.69. The number of carbonyl (C=O) groups excluding carboxylic acids is 1. The summed E-state index contributed by atoms with van der Waals surface area (Å²) in [5, 5.41) is 4.21. The van der Waals surface area contributed by atoms with Crippen molar-refractivity contribution in [1.82, 2.24) is 5.32 Å². The van der Waals surface area contributed by atoms with E-state index >= 15 is 0 Å². The molecule has 0 heterocycles. The summed E-state index contributed by atoms with van der Waals surface area (Å²) in [6, 6.07) is 12.8. The fraction of sp³-hybridized carbons (Fsp3) is 0.350. The number of ether oxygens (including phenoxy) is 2. The molecule has 2 rings (SSSR count). The zero-order chi connectivity index (χ0) is 19.6. The Morgan fingerprint density at radius 3 is 2.59 bits per heavy atom. The van der Waals surface area contributed by atoms with Crippen molar-refractivity contribution in [3.8, 4) is 11.5 Å². The maximum Gasteiger partial charge on any atom is 0.261 e. The van der Waals surface area contributed by atoms with E-state index in [1.165, 1.54) is 0 Å². The molecule has 0 unspecified atom stereocenters. The van der Waals surface area contributed by atoms with E-state index in [1.807, 2.05) is 31.2 Å². The van der Waals surface area contributed by atoms with Crippen LogP contribution in [-0.2, 0) is 10.5 Å². The van der Waals surface area contributed by atoms with Crippen LogP contribution < -0.4 is 14.8 Å². The molecule has 0 fully saturated rings. The van der Waals surface area contributed by atoms with Crippen LogP contribution in [0.4, 0.5) is 0 Å². The van der Waals surface area contributed by atoms with Crippen LogP contribution in [0.3, 0.4) is 0 Å². The summed E-state index contributed by atoms with van der Waals surface area (Å²) in [5.74, 6) is 2.58. The molecule has 0 aliphatic heterocycles. The first kappa shape index (κ1) is 21.7. The molecule has 0 aromatic heterocycles. The zero-order valence-electron chi connectivity index (χ0n) is 15.3. The molecule has 27 heavy (non-hydrogen) atoms. The standard InChI is InChI=1S/C20H23Cl2NO3S/c1-3-17(26-19-7-5-4-6-18(19)25-2)20(24)23-10-11-27-13-14-8-9-15(21)12-16(14)22/h4-9,12,17H,3,10-11,13H2,1-2H3,(H,23,24)/t17-/m1/s1. The van der Waals surface area contributed by atoms with Gasteiger partial charge in [-0.3, -0.25) is 4.79 Å². The lowest BCUT2D eigenvalue weighted by atomic mass is 10.2. The molecule has 2 aromatic rings. The van der Waals surface area contributed by atoms with Gasteiger partial charge in [-0.15, -0.1) is 0 Å². The Hall–Kier alpha value is -1.56. The first-order valence-corrected chi connectivity index (χ1v) is 10.5. The number of hydrogen-bond acceptors (Lipinski definition) is 4. The molecule has 146 valence electrons. The average molecular weight is 428 g/mol. The highest BCUT2D eigenvalue weighted by Crippen LogP contribution is 2.27. The van der Waals surface area contributed by atoms with Gasteiger partial charge in [-0.25, -0.2) is 0 Å². The first-order chi connectivity index (χ1) is 13.0. The highest BCUT2D eigenvalue weighted by atomic mass is 35.5. The fourth-order valence-electron chi connectivity index (χ4n) is 2.37. The van der Waals surface area contributed by atoms with Crippen molar-refractivity contribution >= 4 is 40.9 Å². The predicted octanol–water partition coefficient (Wildman–Crippen LogP) is 5.21. The van der Waals surface area contributed by atoms with Gasteiger partial charge in [0.2, 0.25) is 0 Å². The number of thioether (sulfide) groups is 1.